The van der Waals surface area contributed by atoms with Crippen molar-refractivity contribution in [3.8, 4) is 0 Å². The zero-order valence-corrected chi connectivity index (χ0v) is 12.9. The molecule has 1 fully saturated rings. The predicted molar refractivity (Wildman–Crippen MR) is 80.0 cm³/mol. The van der Waals surface area contributed by atoms with Crippen LogP contribution in [-0.2, 0) is 0 Å². The lowest BCUT2D eigenvalue weighted by Crippen LogP contribution is -2.27. The fourth-order valence-corrected chi connectivity index (χ4v) is 3.06. The van der Waals surface area contributed by atoms with Crippen LogP contribution in [0.25, 0.3) is 0 Å². The molecule has 4 heteroatoms. The molecule has 1 heterocycles. The van der Waals surface area contributed by atoms with Gasteiger partial charge in [0.1, 0.15) is 4.60 Å². The van der Waals surface area contributed by atoms with E-state index in [9.17, 15) is 4.79 Å². The van der Waals surface area contributed by atoms with Crippen molar-refractivity contribution in [3.63, 3.8) is 0 Å². The van der Waals surface area contributed by atoms with E-state index in [-0.39, 0.29) is 5.91 Å². The molecule has 1 aliphatic rings. The maximum Gasteiger partial charge on any atom is 0.252 e. The second-order valence-electron chi connectivity index (χ2n) is 5.55. The summed E-state index contributed by atoms with van der Waals surface area (Å²) in [6.45, 7) is 3.10. The van der Waals surface area contributed by atoms with E-state index < -0.39 is 0 Å². The molecule has 1 aromatic rings. The zero-order chi connectivity index (χ0) is 13.7. The molecule has 1 aliphatic carbocycles. The van der Waals surface area contributed by atoms with Crippen molar-refractivity contribution in [1.29, 1.82) is 0 Å². The Morgan fingerprint density at radius 3 is 3.00 bits per heavy atom. The highest BCUT2D eigenvalue weighted by atomic mass is 79.9. The Hall–Kier alpha value is -0.900. The van der Waals surface area contributed by atoms with Gasteiger partial charge in [0, 0.05) is 12.7 Å². The van der Waals surface area contributed by atoms with E-state index >= 15 is 0 Å². The summed E-state index contributed by atoms with van der Waals surface area (Å²) < 4.78 is 0.750. The van der Waals surface area contributed by atoms with Crippen molar-refractivity contribution in [2.24, 2.45) is 11.8 Å². The Balaban J connectivity index is 1.73. The molecule has 1 saturated carbocycles. The van der Waals surface area contributed by atoms with Gasteiger partial charge < -0.3 is 5.32 Å². The van der Waals surface area contributed by atoms with Crippen molar-refractivity contribution in [1.82, 2.24) is 10.3 Å². The van der Waals surface area contributed by atoms with Crippen LogP contribution in [0, 0.1) is 11.8 Å². The molecule has 1 N–H and O–H groups in total. The molecule has 0 aliphatic heterocycles. The lowest BCUT2D eigenvalue weighted by Gasteiger charge is -2.26. The number of nitrogens with one attached hydrogen (secondary N) is 1. The Kier molecular flexibility index (Phi) is 5.37. The van der Waals surface area contributed by atoms with Crippen LogP contribution >= 0.6 is 15.9 Å². The lowest BCUT2D eigenvalue weighted by molar-refractivity contribution is 0.0949. The third-order valence-corrected chi connectivity index (χ3v) is 4.34. The summed E-state index contributed by atoms with van der Waals surface area (Å²) in [5.41, 5.74) is 0.625. The highest BCUT2D eigenvalue weighted by Crippen LogP contribution is 2.30. The average Bonchev–Trinajstić information content (AvgIpc) is 2.39. The highest BCUT2D eigenvalue weighted by molar-refractivity contribution is 9.10. The van der Waals surface area contributed by atoms with Crippen LogP contribution < -0.4 is 5.32 Å². The van der Waals surface area contributed by atoms with Crippen molar-refractivity contribution in [3.05, 3.63) is 28.5 Å². The molecule has 0 radical (unpaired) electrons. The van der Waals surface area contributed by atoms with Crippen molar-refractivity contribution in [2.75, 3.05) is 6.54 Å². The molecule has 1 amide bonds. The first kappa shape index (κ1) is 14.5. The van der Waals surface area contributed by atoms with Crippen LogP contribution in [0.2, 0.25) is 0 Å². The van der Waals surface area contributed by atoms with E-state index in [4.69, 9.17) is 0 Å². The minimum atomic E-state index is -0.0242. The predicted octanol–water partition coefficient (Wildman–Crippen LogP) is 3.79. The van der Waals surface area contributed by atoms with Gasteiger partial charge in [-0.1, -0.05) is 26.2 Å². The molecule has 0 aromatic carbocycles. The van der Waals surface area contributed by atoms with E-state index in [1.807, 2.05) is 0 Å². The number of carbonyl (C=O) groups is 1. The maximum atomic E-state index is 11.9. The van der Waals surface area contributed by atoms with Crippen molar-refractivity contribution >= 4 is 21.8 Å². The van der Waals surface area contributed by atoms with Crippen LogP contribution in [0.4, 0.5) is 0 Å². The zero-order valence-electron chi connectivity index (χ0n) is 11.4. The number of rotatable bonds is 4. The van der Waals surface area contributed by atoms with Gasteiger partial charge in [-0.15, -0.1) is 0 Å². The number of aromatic nitrogens is 1. The summed E-state index contributed by atoms with van der Waals surface area (Å²) in [6, 6.07) is 3.58. The maximum absolute atomic E-state index is 11.9. The third-order valence-electron chi connectivity index (χ3n) is 3.87. The van der Waals surface area contributed by atoms with Gasteiger partial charge in [0.05, 0.1) is 5.56 Å². The largest absolute Gasteiger partial charge is 0.352 e. The quantitative estimate of drug-likeness (QED) is 0.856. The Morgan fingerprint density at radius 1 is 1.47 bits per heavy atom. The molecule has 2 rings (SSSR count). The van der Waals surface area contributed by atoms with Gasteiger partial charge in [-0.05, 0) is 52.7 Å². The van der Waals surface area contributed by atoms with E-state index in [2.05, 4.69) is 33.2 Å². The number of nitrogens with zero attached hydrogens (tertiary/aromatic N) is 1. The smallest absolute Gasteiger partial charge is 0.252 e. The standard InChI is InChI=1S/C15H21BrN2O/c1-11-3-2-4-12(9-11)7-8-17-15(19)13-5-6-14(16)18-10-13/h5-6,10-12H,2-4,7-9H2,1H3,(H,17,19). The van der Waals surface area contributed by atoms with E-state index in [0.29, 0.717) is 5.56 Å². The van der Waals surface area contributed by atoms with Gasteiger partial charge >= 0.3 is 0 Å². The molecule has 3 nitrogen and oxygen atoms in total. The summed E-state index contributed by atoms with van der Waals surface area (Å²) in [5.74, 6) is 1.61. The molecule has 104 valence electrons. The van der Waals surface area contributed by atoms with Crippen LogP contribution in [0.5, 0.6) is 0 Å². The SMILES string of the molecule is CC1CCCC(CCNC(=O)c2ccc(Br)nc2)C1. The molecule has 2 atom stereocenters. The van der Waals surface area contributed by atoms with Crippen LogP contribution in [0.3, 0.4) is 0 Å². The topological polar surface area (TPSA) is 42.0 Å². The lowest BCUT2D eigenvalue weighted by atomic mass is 9.81. The van der Waals surface area contributed by atoms with Crippen LogP contribution in [0.1, 0.15) is 49.4 Å². The first-order chi connectivity index (χ1) is 9.15. The normalized spacial score (nSPS) is 23.1. The van der Waals surface area contributed by atoms with Gasteiger partial charge in [0.2, 0.25) is 0 Å². The van der Waals surface area contributed by atoms with Crippen LogP contribution in [-0.4, -0.2) is 17.4 Å². The van der Waals surface area contributed by atoms with E-state index in [0.717, 1.165) is 29.4 Å². The molecule has 2 unspecified atom stereocenters. The van der Waals surface area contributed by atoms with Gasteiger partial charge in [0.15, 0.2) is 0 Å². The van der Waals surface area contributed by atoms with Crippen molar-refractivity contribution < 1.29 is 4.79 Å². The monoisotopic (exact) mass is 324 g/mol. The molecule has 0 spiro atoms. The molecular formula is C15H21BrN2O. The first-order valence-electron chi connectivity index (χ1n) is 7.05. The van der Waals surface area contributed by atoms with Crippen LogP contribution in [0.15, 0.2) is 22.9 Å². The van der Waals surface area contributed by atoms with Gasteiger partial charge in [-0.3, -0.25) is 4.79 Å². The second kappa shape index (κ2) is 7.04. The number of carbonyl (C=O) groups excluding carboxylic acids is 1. The Bertz CT molecular complexity index is 419. The fraction of sp³-hybridized carbons (Fsp3) is 0.600. The average molecular weight is 325 g/mol. The minimum absolute atomic E-state index is 0.0242. The van der Waals surface area contributed by atoms with Gasteiger partial charge in [-0.25, -0.2) is 4.98 Å². The van der Waals surface area contributed by atoms with E-state index in [1.54, 1.807) is 18.3 Å². The molecule has 0 saturated heterocycles. The summed E-state index contributed by atoms with van der Waals surface area (Å²) in [6.07, 6.45) is 8.04. The third kappa shape index (κ3) is 4.60. The molecule has 1 aromatic heterocycles. The summed E-state index contributed by atoms with van der Waals surface area (Å²) in [4.78, 5) is 16.0. The number of amides is 1. The molecule has 19 heavy (non-hydrogen) atoms. The van der Waals surface area contributed by atoms with Crippen molar-refractivity contribution in [2.45, 2.75) is 39.0 Å². The molecular weight excluding hydrogens is 304 g/mol. The molecule has 0 bridgehead atoms. The summed E-state index contributed by atoms with van der Waals surface area (Å²) >= 11 is 3.26. The Morgan fingerprint density at radius 2 is 2.32 bits per heavy atom. The first-order valence-corrected chi connectivity index (χ1v) is 7.84. The number of hydrogen-bond donors (Lipinski definition) is 1. The van der Waals surface area contributed by atoms with Gasteiger partial charge in [0.25, 0.3) is 5.91 Å². The minimum Gasteiger partial charge on any atom is -0.352 e. The number of halogens is 1. The Labute approximate surface area is 123 Å². The number of hydrogen-bond acceptors (Lipinski definition) is 2. The van der Waals surface area contributed by atoms with Gasteiger partial charge in [-0.2, -0.15) is 0 Å². The highest BCUT2D eigenvalue weighted by Gasteiger charge is 2.18. The summed E-state index contributed by atoms with van der Waals surface area (Å²) in [7, 11) is 0. The van der Waals surface area contributed by atoms with E-state index in [1.165, 1.54) is 25.7 Å². The number of pyridine rings is 1. The second-order valence-corrected chi connectivity index (χ2v) is 6.36. The summed E-state index contributed by atoms with van der Waals surface area (Å²) in [5, 5.41) is 2.99. The fourth-order valence-electron chi connectivity index (χ4n) is 2.82.